The largest absolute Gasteiger partial charge is 0.495 e. The van der Waals surface area contributed by atoms with Gasteiger partial charge in [0.15, 0.2) is 0 Å². The smallest absolute Gasteiger partial charge is 0.331 e. The number of ether oxygens (including phenoxy) is 1. The lowest BCUT2D eigenvalue weighted by molar-refractivity contribution is 0.414. The summed E-state index contributed by atoms with van der Waals surface area (Å²) < 4.78 is 7.67. The molecule has 6 heteroatoms. The molecule has 1 aromatic carbocycles. The SMILES string of the molecule is COc1cccc(Cn2c(=O)c(C)cn(C)c2=O)c1Cl. The topological polar surface area (TPSA) is 53.2 Å². The fourth-order valence-electron chi connectivity index (χ4n) is 2.04. The number of aromatic nitrogens is 2. The molecule has 0 spiro atoms. The molecule has 5 nitrogen and oxygen atoms in total. The summed E-state index contributed by atoms with van der Waals surface area (Å²) in [7, 11) is 3.13. The van der Waals surface area contributed by atoms with Crippen molar-refractivity contribution in [2.45, 2.75) is 13.5 Å². The molecule has 0 fully saturated rings. The molecule has 0 aliphatic heterocycles. The first kappa shape index (κ1) is 14.4. The van der Waals surface area contributed by atoms with Gasteiger partial charge in [0.1, 0.15) is 5.75 Å². The van der Waals surface area contributed by atoms with Crippen LogP contribution in [0.15, 0.2) is 34.0 Å². The van der Waals surface area contributed by atoms with Crippen molar-refractivity contribution in [2.75, 3.05) is 7.11 Å². The van der Waals surface area contributed by atoms with Gasteiger partial charge in [0.05, 0.1) is 18.7 Å². The quantitative estimate of drug-likeness (QED) is 0.863. The van der Waals surface area contributed by atoms with E-state index in [0.717, 1.165) is 4.57 Å². The number of aryl methyl sites for hydroxylation is 2. The first-order chi connectivity index (χ1) is 9.45. The summed E-state index contributed by atoms with van der Waals surface area (Å²) in [5, 5.41) is 0.408. The minimum Gasteiger partial charge on any atom is -0.495 e. The lowest BCUT2D eigenvalue weighted by Gasteiger charge is -2.11. The van der Waals surface area contributed by atoms with E-state index in [1.165, 1.54) is 17.9 Å². The lowest BCUT2D eigenvalue weighted by Crippen LogP contribution is -2.40. The third-order valence-corrected chi connectivity index (χ3v) is 3.52. The van der Waals surface area contributed by atoms with Gasteiger partial charge in [-0.05, 0) is 18.6 Å². The number of nitrogens with zero attached hydrogens (tertiary/aromatic N) is 2. The highest BCUT2D eigenvalue weighted by molar-refractivity contribution is 6.32. The third-order valence-electron chi connectivity index (χ3n) is 3.09. The number of hydrogen-bond acceptors (Lipinski definition) is 3. The molecular formula is C14H15ClN2O3. The standard InChI is InChI=1S/C14H15ClN2O3/c1-9-7-16(2)14(19)17(13(9)18)8-10-5-4-6-11(20-3)12(10)15/h4-7H,8H2,1-3H3. The van der Waals surface area contributed by atoms with E-state index in [-0.39, 0.29) is 17.8 Å². The van der Waals surface area contributed by atoms with E-state index in [0.29, 0.717) is 21.9 Å². The van der Waals surface area contributed by atoms with Crippen LogP contribution in [-0.4, -0.2) is 16.2 Å². The van der Waals surface area contributed by atoms with E-state index >= 15 is 0 Å². The molecule has 0 N–H and O–H groups in total. The summed E-state index contributed by atoms with van der Waals surface area (Å²) in [5.41, 5.74) is 0.480. The maximum absolute atomic E-state index is 12.1. The van der Waals surface area contributed by atoms with Crippen molar-refractivity contribution < 1.29 is 4.74 Å². The Balaban J connectivity index is 2.57. The van der Waals surface area contributed by atoms with Crippen molar-refractivity contribution in [3.05, 3.63) is 61.4 Å². The molecule has 0 unspecified atom stereocenters. The van der Waals surface area contributed by atoms with Crippen LogP contribution in [0.2, 0.25) is 5.02 Å². The van der Waals surface area contributed by atoms with Crippen molar-refractivity contribution in [3.63, 3.8) is 0 Å². The summed E-state index contributed by atoms with van der Waals surface area (Å²) in [5.74, 6) is 0.515. The molecule has 0 saturated heterocycles. The third kappa shape index (κ3) is 2.49. The Hall–Kier alpha value is -2.01. The maximum atomic E-state index is 12.1. The Morgan fingerprint density at radius 2 is 2.00 bits per heavy atom. The summed E-state index contributed by atoms with van der Waals surface area (Å²) >= 11 is 6.19. The first-order valence-electron chi connectivity index (χ1n) is 6.04. The normalized spacial score (nSPS) is 10.6. The van der Waals surface area contributed by atoms with Crippen molar-refractivity contribution in [3.8, 4) is 5.75 Å². The lowest BCUT2D eigenvalue weighted by atomic mass is 10.2. The number of halogens is 1. The van der Waals surface area contributed by atoms with E-state index in [1.807, 2.05) is 0 Å². The van der Waals surface area contributed by atoms with Gasteiger partial charge < -0.3 is 9.30 Å². The van der Waals surface area contributed by atoms with E-state index in [1.54, 1.807) is 32.2 Å². The summed E-state index contributed by atoms with van der Waals surface area (Å²) in [6.45, 7) is 1.79. The Morgan fingerprint density at radius 1 is 1.30 bits per heavy atom. The predicted octanol–water partition coefficient (Wildman–Crippen LogP) is 1.57. The number of rotatable bonds is 3. The van der Waals surface area contributed by atoms with E-state index in [2.05, 4.69) is 0 Å². The van der Waals surface area contributed by atoms with Gasteiger partial charge in [-0.2, -0.15) is 0 Å². The summed E-state index contributed by atoms with van der Waals surface area (Å²) in [6.07, 6.45) is 1.52. The van der Waals surface area contributed by atoms with Gasteiger partial charge in [0.2, 0.25) is 0 Å². The van der Waals surface area contributed by atoms with Gasteiger partial charge in [-0.3, -0.25) is 9.36 Å². The molecule has 20 heavy (non-hydrogen) atoms. The van der Waals surface area contributed by atoms with Crippen LogP contribution in [-0.2, 0) is 13.6 Å². The molecular weight excluding hydrogens is 280 g/mol. The Kier molecular flexibility index (Phi) is 3.99. The number of benzene rings is 1. The molecule has 0 saturated carbocycles. The number of methoxy groups -OCH3 is 1. The monoisotopic (exact) mass is 294 g/mol. The molecule has 1 aromatic heterocycles. The van der Waals surface area contributed by atoms with Gasteiger partial charge in [-0.25, -0.2) is 4.79 Å². The van der Waals surface area contributed by atoms with Gasteiger partial charge in [-0.1, -0.05) is 23.7 Å². The molecule has 0 atom stereocenters. The molecule has 2 rings (SSSR count). The second-order valence-electron chi connectivity index (χ2n) is 4.53. The minimum atomic E-state index is -0.375. The molecule has 0 bridgehead atoms. The zero-order valence-corrected chi connectivity index (χ0v) is 12.3. The zero-order valence-electron chi connectivity index (χ0n) is 11.5. The van der Waals surface area contributed by atoms with Crippen molar-refractivity contribution >= 4 is 11.6 Å². The average Bonchev–Trinajstić information content (AvgIpc) is 2.43. The zero-order chi connectivity index (χ0) is 14.9. The molecule has 0 aliphatic carbocycles. The van der Waals surface area contributed by atoms with E-state index in [9.17, 15) is 9.59 Å². The average molecular weight is 295 g/mol. The first-order valence-corrected chi connectivity index (χ1v) is 6.42. The summed E-state index contributed by atoms with van der Waals surface area (Å²) in [4.78, 5) is 24.2. The van der Waals surface area contributed by atoms with Gasteiger partial charge in [0, 0.05) is 18.8 Å². The molecule has 0 aliphatic rings. The van der Waals surface area contributed by atoms with Crippen molar-refractivity contribution in [1.82, 2.24) is 9.13 Å². The molecule has 2 aromatic rings. The molecule has 0 radical (unpaired) electrons. The Bertz CT molecular complexity index is 728. The van der Waals surface area contributed by atoms with Crippen LogP contribution in [0.25, 0.3) is 0 Å². The van der Waals surface area contributed by atoms with Crippen LogP contribution in [0.3, 0.4) is 0 Å². The van der Waals surface area contributed by atoms with Crippen LogP contribution >= 0.6 is 11.6 Å². The number of hydrogen-bond donors (Lipinski definition) is 0. The summed E-state index contributed by atoms with van der Waals surface area (Å²) in [6, 6.07) is 5.26. The Morgan fingerprint density at radius 3 is 2.65 bits per heavy atom. The second-order valence-corrected chi connectivity index (χ2v) is 4.91. The van der Waals surface area contributed by atoms with Gasteiger partial charge in [-0.15, -0.1) is 0 Å². The maximum Gasteiger partial charge on any atom is 0.331 e. The Labute approximate surface area is 121 Å². The van der Waals surface area contributed by atoms with Crippen LogP contribution in [0, 0.1) is 6.92 Å². The fourth-order valence-corrected chi connectivity index (χ4v) is 2.30. The van der Waals surface area contributed by atoms with E-state index < -0.39 is 0 Å². The molecule has 106 valence electrons. The van der Waals surface area contributed by atoms with Crippen LogP contribution < -0.4 is 16.0 Å². The highest BCUT2D eigenvalue weighted by Gasteiger charge is 2.11. The molecule has 0 amide bonds. The minimum absolute atomic E-state index is 0.114. The van der Waals surface area contributed by atoms with Crippen LogP contribution in [0.1, 0.15) is 11.1 Å². The second kappa shape index (κ2) is 5.54. The van der Waals surface area contributed by atoms with Crippen molar-refractivity contribution in [2.24, 2.45) is 7.05 Å². The highest BCUT2D eigenvalue weighted by Crippen LogP contribution is 2.27. The van der Waals surface area contributed by atoms with Crippen LogP contribution in [0.4, 0.5) is 0 Å². The molecule has 1 heterocycles. The predicted molar refractivity (Wildman–Crippen MR) is 77.8 cm³/mol. The van der Waals surface area contributed by atoms with Crippen LogP contribution in [0.5, 0.6) is 5.75 Å². The van der Waals surface area contributed by atoms with Gasteiger partial charge >= 0.3 is 5.69 Å². The van der Waals surface area contributed by atoms with E-state index in [4.69, 9.17) is 16.3 Å². The van der Waals surface area contributed by atoms with Crippen molar-refractivity contribution in [1.29, 1.82) is 0 Å². The van der Waals surface area contributed by atoms with Gasteiger partial charge in [0.25, 0.3) is 5.56 Å². The highest BCUT2D eigenvalue weighted by atomic mass is 35.5. The fraction of sp³-hybridized carbons (Fsp3) is 0.286.